The fourth-order valence-corrected chi connectivity index (χ4v) is 12.9. The molecule has 3 aliphatic heterocycles. The molecule has 3 aliphatic rings. The highest BCUT2D eigenvalue weighted by molar-refractivity contribution is 7.11. The van der Waals surface area contributed by atoms with Crippen LogP contribution in [0.25, 0.3) is 10.9 Å². The van der Waals surface area contributed by atoms with E-state index in [0.717, 1.165) is 36.0 Å². The molecule has 1 unspecified atom stereocenters. The number of para-hydroxylation sites is 1. The highest BCUT2D eigenvalue weighted by Crippen LogP contribution is 2.43. The van der Waals surface area contributed by atoms with Crippen LogP contribution in [0.15, 0.2) is 128 Å². The highest BCUT2D eigenvalue weighted by Gasteiger charge is 2.45. The Labute approximate surface area is 244 Å². The Morgan fingerprint density at radius 2 is 1.34 bits per heavy atom. The average molecular weight is 555 g/mol. The minimum absolute atomic E-state index is 0.176. The number of benzene rings is 4. The van der Waals surface area contributed by atoms with Gasteiger partial charge in [0.1, 0.15) is 8.07 Å². The van der Waals surface area contributed by atoms with Crippen LogP contribution in [-0.4, -0.2) is 42.2 Å². The van der Waals surface area contributed by atoms with Gasteiger partial charge in [-0.1, -0.05) is 116 Å². The maximum absolute atomic E-state index is 11.7. The fraction of sp³-hybridized carbons (Fsp3) is 0.270. The van der Waals surface area contributed by atoms with Gasteiger partial charge >= 0.3 is 0 Å². The first-order valence-electron chi connectivity index (χ1n) is 15.2. The molecule has 0 aliphatic carbocycles. The molecular formula is C37H38N2OSi. The Morgan fingerprint density at radius 3 is 1.93 bits per heavy atom. The van der Waals surface area contributed by atoms with Gasteiger partial charge in [0.25, 0.3) is 0 Å². The number of pyridine rings is 1. The summed E-state index contributed by atoms with van der Waals surface area (Å²) >= 11 is 0. The zero-order valence-electron chi connectivity index (χ0n) is 23.5. The molecule has 4 heteroatoms. The molecule has 2 bridgehead atoms. The van der Waals surface area contributed by atoms with E-state index < -0.39 is 14.2 Å². The molecule has 3 fully saturated rings. The van der Waals surface area contributed by atoms with E-state index in [0.29, 0.717) is 11.8 Å². The van der Waals surface area contributed by atoms with Crippen LogP contribution in [0.4, 0.5) is 0 Å². The Balaban J connectivity index is 1.17. The number of hydrogen-bond donors (Lipinski definition) is 1. The van der Waals surface area contributed by atoms with Crippen molar-refractivity contribution in [1.82, 2.24) is 9.88 Å². The van der Waals surface area contributed by atoms with Crippen molar-refractivity contribution in [3.8, 4) is 0 Å². The molecular weight excluding hydrogens is 517 g/mol. The Morgan fingerprint density at radius 1 is 0.756 bits per heavy atom. The van der Waals surface area contributed by atoms with Gasteiger partial charge in [-0.3, -0.25) is 9.88 Å². The van der Waals surface area contributed by atoms with Gasteiger partial charge in [0, 0.05) is 24.2 Å². The summed E-state index contributed by atoms with van der Waals surface area (Å²) in [5.74, 6) is 1.31. The first kappa shape index (κ1) is 26.3. The molecule has 5 aromatic rings. The molecule has 206 valence electrons. The van der Waals surface area contributed by atoms with E-state index >= 15 is 0 Å². The van der Waals surface area contributed by atoms with Crippen molar-refractivity contribution in [3.63, 3.8) is 0 Å². The van der Waals surface area contributed by atoms with E-state index in [9.17, 15) is 5.11 Å². The van der Waals surface area contributed by atoms with Crippen LogP contribution in [0.3, 0.4) is 0 Å². The predicted octanol–water partition coefficient (Wildman–Crippen LogP) is 5.54. The van der Waals surface area contributed by atoms with Crippen LogP contribution in [0.2, 0.25) is 6.04 Å². The second-order valence-electron chi connectivity index (χ2n) is 12.0. The van der Waals surface area contributed by atoms with Crippen LogP contribution in [-0.2, 0) is 0 Å². The van der Waals surface area contributed by atoms with Gasteiger partial charge < -0.3 is 5.11 Å². The van der Waals surface area contributed by atoms with Gasteiger partial charge in [0.05, 0.1) is 11.6 Å². The van der Waals surface area contributed by atoms with Crippen molar-refractivity contribution in [2.24, 2.45) is 11.8 Å². The topological polar surface area (TPSA) is 36.4 Å². The zero-order valence-corrected chi connectivity index (χ0v) is 24.5. The van der Waals surface area contributed by atoms with E-state index in [2.05, 4.69) is 107 Å². The SMILES string of the molecule is O[C@@H](c1ccnc2ccccc12)[C@H]1C[C@@H]2CCN1C[C@@H]2CC[Si](c1ccccc1)(c1ccccc1)c1ccccc1. The molecule has 4 heterocycles. The predicted molar refractivity (Wildman–Crippen MR) is 172 cm³/mol. The van der Waals surface area contributed by atoms with Gasteiger partial charge in [-0.25, -0.2) is 0 Å². The average Bonchev–Trinajstić information content (AvgIpc) is 3.06. The summed E-state index contributed by atoms with van der Waals surface area (Å²) in [6, 6.07) is 45.5. The van der Waals surface area contributed by atoms with Crippen LogP contribution in [0.1, 0.15) is 30.9 Å². The summed E-state index contributed by atoms with van der Waals surface area (Å²) < 4.78 is 0. The fourth-order valence-electron chi connectivity index (χ4n) is 7.92. The molecule has 3 nitrogen and oxygen atoms in total. The zero-order chi connectivity index (χ0) is 27.6. The minimum atomic E-state index is -2.23. The Hall–Kier alpha value is -3.57. The third-order valence-corrected chi connectivity index (χ3v) is 15.0. The maximum Gasteiger partial charge on any atom is 0.148 e. The van der Waals surface area contributed by atoms with Crippen LogP contribution in [0.5, 0.6) is 0 Å². The molecule has 1 N–H and O–H groups in total. The van der Waals surface area contributed by atoms with Crippen molar-refractivity contribution in [3.05, 3.63) is 133 Å². The van der Waals surface area contributed by atoms with Crippen molar-refractivity contribution >= 4 is 34.5 Å². The van der Waals surface area contributed by atoms with Crippen molar-refractivity contribution in [2.75, 3.05) is 13.1 Å². The number of fused-ring (bicyclic) bond motifs is 4. The minimum Gasteiger partial charge on any atom is -0.387 e. The molecule has 0 amide bonds. The maximum atomic E-state index is 11.7. The van der Waals surface area contributed by atoms with Crippen molar-refractivity contribution in [1.29, 1.82) is 0 Å². The number of rotatable bonds is 8. The largest absolute Gasteiger partial charge is 0.387 e. The molecule has 5 atom stereocenters. The molecule has 4 aromatic carbocycles. The number of hydrogen-bond acceptors (Lipinski definition) is 3. The summed E-state index contributed by atoms with van der Waals surface area (Å²) in [5.41, 5.74) is 1.98. The standard InChI is InChI=1S/C37H38N2OSi/c40-37(34-20-23-38-35-19-11-10-18-33(34)35)36-26-28-21-24-39(36)27-29(28)22-25-41(30-12-4-1-5-13-30,31-14-6-2-7-15-31)32-16-8-3-9-17-32/h1-20,23,28-29,36-37,40H,21-22,24-27H2/t28-,29-,36+,37-/m0/s1. The van der Waals surface area contributed by atoms with E-state index in [1.54, 1.807) is 0 Å². The number of aliphatic hydroxyl groups excluding tert-OH is 1. The summed E-state index contributed by atoms with van der Waals surface area (Å²) in [6.07, 6.45) is 4.88. The summed E-state index contributed by atoms with van der Waals surface area (Å²) in [7, 11) is -2.23. The van der Waals surface area contributed by atoms with E-state index in [-0.39, 0.29) is 6.04 Å². The first-order chi connectivity index (χ1) is 20.2. The van der Waals surface area contributed by atoms with Gasteiger partial charge in [0.15, 0.2) is 0 Å². The Kier molecular flexibility index (Phi) is 7.30. The second kappa shape index (κ2) is 11.4. The lowest BCUT2D eigenvalue weighted by Gasteiger charge is -2.52. The molecule has 1 aromatic heterocycles. The van der Waals surface area contributed by atoms with Gasteiger partial charge in [-0.05, 0) is 70.5 Å². The van der Waals surface area contributed by atoms with Crippen LogP contribution < -0.4 is 15.6 Å². The lowest BCUT2D eigenvalue weighted by atomic mass is 9.72. The third kappa shape index (κ3) is 4.84. The van der Waals surface area contributed by atoms with Crippen LogP contribution >= 0.6 is 0 Å². The quantitative estimate of drug-likeness (QED) is 0.202. The lowest BCUT2D eigenvalue weighted by molar-refractivity contribution is -0.0562. The highest BCUT2D eigenvalue weighted by atomic mass is 28.3. The van der Waals surface area contributed by atoms with Crippen molar-refractivity contribution < 1.29 is 5.11 Å². The normalized spacial score (nSPS) is 23.0. The third-order valence-electron chi connectivity index (χ3n) is 9.99. The molecule has 41 heavy (non-hydrogen) atoms. The lowest BCUT2D eigenvalue weighted by Crippen LogP contribution is -2.67. The van der Waals surface area contributed by atoms with Crippen molar-refractivity contribution in [2.45, 2.75) is 37.5 Å². The van der Waals surface area contributed by atoms with E-state index in [1.165, 1.54) is 34.4 Å². The second-order valence-corrected chi connectivity index (χ2v) is 16.1. The Bertz CT molecular complexity index is 1490. The molecule has 0 spiro atoms. The number of aliphatic hydroxyl groups is 1. The van der Waals surface area contributed by atoms with Gasteiger partial charge in [0.2, 0.25) is 0 Å². The van der Waals surface area contributed by atoms with Crippen LogP contribution in [0, 0.1) is 11.8 Å². The first-order valence-corrected chi connectivity index (χ1v) is 17.4. The van der Waals surface area contributed by atoms with Gasteiger partial charge in [-0.2, -0.15) is 0 Å². The molecule has 0 saturated carbocycles. The smallest absolute Gasteiger partial charge is 0.148 e. The van der Waals surface area contributed by atoms with Gasteiger partial charge in [-0.15, -0.1) is 0 Å². The number of aromatic nitrogens is 1. The monoisotopic (exact) mass is 554 g/mol. The molecule has 3 saturated heterocycles. The van der Waals surface area contributed by atoms with E-state index in [1.807, 2.05) is 30.5 Å². The summed E-state index contributed by atoms with van der Waals surface area (Å²) in [5, 5.41) is 17.3. The molecule has 0 radical (unpaired) electrons. The molecule has 8 rings (SSSR count). The summed E-state index contributed by atoms with van der Waals surface area (Å²) in [6.45, 7) is 2.17. The summed E-state index contributed by atoms with van der Waals surface area (Å²) in [4.78, 5) is 7.13. The van der Waals surface area contributed by atoms with E-state index in [4.69, 9.17) is 0 Å². The number of piperidine rings is 3. The number of nitrogens with zero attached hydrogens (tertiary/aromatic N) is 2.